The lowest BCUT2D eigenvalue weighted by atomic mass is 10.4. The van der Waals surface area contributed by atoms with Crippen LogP contribution in [0.3, 0.4) is 0 Å². The minimum atomic E-state index is -0.726. The van der Waals surface area contributed by atoms with E-state index in [1.807, 2.05) is 0 Å². The fourth-order valence-corrected chi connectivity index (χ4v) is 1.31. The molecule has 0 saturated heterocycles. The smallest absolute Gasteiger partial charge is 0.395 e. The first kappa shape index (κ1) is 12.2. The van der Waals surface area contributed by atoms with Crippen molar-refractivity contribution in [3.63, 3.8) is 0 Å². The summed E-state index contributed by atoms with van der Waals surface area (Å²) < 4.78 is 5.26. The maximum Gasteiger partial charge on any atom is 0.433 e. The van der Waals surface area contributed by atoms with Crippen molar-refractivity contribution in [2.45, 2.75) is 0 Å². The highest BCUT2D eigenvalue weighted by Gasteiger charge is 2.17. The van der Waals surface area contributed by atoms with Crippen LogP contribution in [0, 0.1) is 10.1 Å². The molecule has 0 fully saturated rings. The SMILES string of the molecule is O=C(Nc1cnc(Br)cn1)c1ccc([N+](=O)[O-])o1. The minimum absolute atomic E-state index is 0.175. The zero-order chi connectivity index (χ0) is 13.1. The molecule has 0 aromatic carbocycles. The molecule has 0 saturated carbocycles. The van der Waals surface area contributed by atoms with Gasteiger partial charge in [-0.1, -0.05) is 0 Å². The van der Waals surface area contributed by atoms with Crippen LogP contribution in [0.25, 0.3) is 0 Å². The Morgan fingerprint density at radius 3 is 2.72 bits per heavy atom. The van der Waals surface area contributed by atoms with E-state index in [1.165, 1.54) is 18.5 Å². The molecule has 2 aromatic rings. The summed E-state index contributed by atoms with van der Waals surface area (Å²) in [5.41, 5.74) is 0. The van der Waals surface area contributed by atoms with Gasteiger partial charge < -0.3 is 9.73 Å². The fourth-order valence-electron chi connectivity index (χ4n) is 1.10. The van der Waals surface area contributed by atoms with Crippen LogP contribution in [0.2, 0.25) is 0 Å². The summed E-state index contributed by atoms with van der Waals surface area (Å²) in [7, 11) is 0. The highest BCUT2D eigenvalue weighted by molar-refractivity contribution is 9.10. The predicted molar refractivity (Wildman–Crippen MR) is 63.0 cm³/mol. The second kappa shape index (κ2) is 4.92. The number of nitrogens with one attached hydrogen (secondary N) is 1. The number of carbonyl (C=O) groups is 1. The Morgan fingerprint density at radius 2 is 2.17 bits per heavy atom. The molecule has 1 N–H and O–H groups in total. The Bertz CT molecular complexity index is 595. The molecular formula is C9H5BrN4O4. The number of anilines is 1. The standard InChI is InChI=1S/C9H5BrN4O4/c10-6-3-12-7(4-11-6)13-9(15)5-1-2-8(18-5)14(16)17/h1-4H,(H,12,13,15). The molecule has 0 radical (unpaired) electrons. The van der Waals surface area contributed by atoms with Crippen LogP contribution in [0.5, 0.6) is 0 Å². The Balaban J connectivity index is 2.11. The summed E-state index contributed by atoms with van der Waals surface area (Å²) in [5.74, 6) is -1.10. The fraction of sp³-hybridized carbons (Fsp3) is 0. The quantitative estimate of drug-likeness (QED) is 0.685. The number of furan rings is 1. The van der Waals surface area contributed by atoms with Gasteiger partial charge in [0.05, 0.1) is 18.5 Å². The lowest BCUT2D eigenvalue weighted by Gasteiger charge is -2.00. The van der Waals surface area contributed by atoms with Crippen LogP contribution in [0.4, 0.5) is 11.7 Å². The first-order chi connectivity index (χ1) is 8.56. The van der Waals surface area contributed by atoms with E-state index in [1.54, 1.807) is 0 Å². The molecule has 18 heavy (non-hydrogen) atoms. The van der Waals surface area contributed by atoms with E-state index < -0.39 is 16.7 Å². The van der Waals surface area contributed by atoms with E-state index >= 15 is 0 Å². The van der Waals surface area contributed by atoms with Crippen LogP contribution in [0.1, 0.15) is 10.6 Å². The monoisotopic (exact) mass is 312 g/mol. The van der Waals surface area contributed by atoms with Crippen molar-refractivity contribution in [2.24, 2.45) is 0 Å². The van der Waals surface area contributed by atoms with Gasteiger partial charge in [0.2, 0.25) is 0 Å². The van der Waals surface area contributed by atoms with Gasteiger partial charge in [-0.15, -0.1) is 0 Å². The first-order valence-electron chi connectivity index (χ1n) is 4.59. The van der Waals surface area contributed by atoms with Crippen LogP contribution >= 0.6 is 15.9 Å². The van der Waals surface area contributed by atoms with Crippen molar-refractivity contribution in [3.8, 4) is 0 Å². The van der Waals surface area contributed by atoms with Gasteiger partial charge in [-0.05, 0) is 22.0 Å². The van der Waals surface area contributed by atoms with E-state index in [0.29, 0.717) is 4.60 Å². The molecule has 2 aromatic heterocycles. The molecule has 2 rings (SSSR count). The minimum Gasteiger partial charge on any atom is -0.395 e. The van der Waals surface area contributed by atoms with E-state index in [0.717, 1.165) is 6.07 Å². The van der Waals surface area contributed by atoms with Gasteiger partial charge in [0.25, 0.3) is 5.91 Å². The third kappa shape index (κ3) is 2.69. The summed E-state index contributed by atoms with van der Waals surface area (Å²) in [5, 5.41) is 12.8. The lowest BCUT2D eigenvalue weighted by molar-refractivity contribution is -0.402. The van der Waals surface area contributed by atoms with Crippen molar-refractivity contribution < 1.29 is 14.1 Å². The molecular weight excluding hydrogens is 308 g/mol. The Morgan fingerprint density at radius 1 is 1.39 bits per heavy atom. The largest absolute Gasteiger partial charge is 0.433 e. The highest BCUT2D eigenvalue weighted by atomic mass is 79.9. The summed E-state index contributed by atoms with van der Waals surface area (Å²) in [6, 6.07) is 2.31. The van der Waals surface area contributed by atoms with Crippen LogP contribution in [0.15, 0.2) is 33.5 Å². The van der Waals surface area contributed by atoms with Crippen molar-refractivity contribution in [3.05, 3.63) is 45.0 Å². The number of amides is 1. The average Bonchev–Trinajstić information content (AvgIpc) is 2.81. The highest BCUT2D eigenvalue weighted by Crippen LogP contribution is 2.16. The van der Waals surface area contributed by atoms with Gasteiger partial charge >= 0.3 is 5.88 Å². The van der Waals surface area contributed by atoms with E-state index in [2.05, 4.69) is 31.2 Å². The van der Waals surface area contributed by atoms with Crippen molar-refractivity contribution in [1.82, 2.24) is 9.97 Å². The Kier molecular flexibility index (Phi) is 3.33. The molecule has 0 spiro atoms. The second-order valence-electron chi connectivity index (χ2n) is 3.07. The molecule has 9 heteroatoms. The zero-order valence-electron chi connectivity index (χ0n) is 8.66. The maximum absolute atomic E-state index is 11.6. The van der Waals surface area contributed by atoms with Crippen molar-refractivity contribution >= 4 is 33.5 Å². The first-order valence-corrected chi connectivity index (χ1v) is 5.38. The molecule has 0 aliphatic heterocycles. The number of hydrogen-bond acceptors (Lipinski definition) is 6. The van der Waals surface area contributed by atoms with Gasteiger partial charge in [0.15, 0.2) is 11.6 Å². The number of aromatic nitrogens is 2. The molecule has 0 aliphatic rings. The molecule has 1 amide bonds. The summed E-state index contributed by atoms with van der Waals surface area (Å²) >= 11 is 3.10. The van der Waals surface area contributed by atoms with E-state index in [9.17, 15) is 14.9 Å². The van der Waals surface area contributed by atoms with E-state index in [-0.39, 0.29) is 11.6 Å². The van der Waals surface area contributed by atoms with Crippen LogP contribution < -0.4 is 5.32 Å². The molecule has 0 aliphatic carbocycles. The summed E-state index contributed by atoms with van der Waals surface area (Å²) in [6.07, 6.45) is 2.74. The van der Waals surface area contributed by atoms with Crippen LogP contribution in [-0.2, 0) is 0 Å². The van der Waals surface area contributed by atoms with Crippen LogP contribution in [-0.4, -0.2) is 20.8 Å². The molecule has 2 heterocycles. The molecule has 0 unspecified atom stereocenters. The number of carbonyl (C=O) groups excluding carboxylic acids is 1. The van der Waals surface area contributed by atoms with Gasteiger partial charge in [0.1, 0.15) is 9.53 Å². The number of nitro groups is 1. The van der Waals surface area contributed by atoms with E-state index in [4.69, 9.17) is 4.42 Å². The lowest BCUT2D eigenvalue weighted by Crippen LogP contribution is -2.12. The zero-order valence-corrected chi connectivity index (χ0v) is 10.2. The topological polar surface area (TPSA) is 111 Å². The molecule has 0 atom stereocenters. The maximum atomic E-state index is 11.6. The predicted octanol–water partition coefficient (Wildman–Crippen LogP) is 1.99. The van der Waals surface area contributed by atoms with Gasteiger partial charge in [-0.2, -0.15) is 0 Å². The average molecular weight is 313 g/mol. The Hall–Kier alpha value is -2.29. The number of nitrogens with zero attached hydrogens (tertiary/aromatic N) is 3. The van der Waals surface area contributed by atoms with Gasteiger partial charge in [-0.3, -0.25) is 14.9 Å². The molecule has 92 valence electrons. The number of halogens is 1. The van der Waals surface area contributed by atoms with Crippen molar-refractivity contribution in [1.29, 1.82) is 0 Å². The number of hydrogen-bond donors (Lipinski definition) is 1. The second-order valence-corrected chi connectivity index (χ2v) is 3.89. The van der Waals surface area contributed by atoms with Gasteiger partial charge in [-0.25, -0.2) is 9.97 Å². The summed E-state index contributed by atoms with van der Waals surface area (Å²) in [4.78, 5) is 29.0. The molecule has 8 nitrogen and oxygen atoms in total. The number of rotatable bonds is 3. The third-order valence-corrected chi connectivity index (χ3v) is 2.27. The van der Waals surface area contributed by atoms with Crippen molar-refractivity contribution in [2.75, 3.05) is 5.32 Å². The van der Waals surface area contributed by atoms with Gasteiger partial charge in [0, 0.05) is 0 Å². The normalized spacial score (nSPS) is 10.1. The summed E-state index contributed by atoms with van der Waals surface area (Å²) in [6.45, 7) is 0. The molecule has 0 bridgehead atoms. The third-order valence-electron chi connectivity index (χ3n) is 1.86. The Labute approximate surface area is 108 Å².